The summed E-state index contributed by atoms with van der Waals surface area (Å²) in [6, 6.07) is 12.1. The van der Waals surface area contributed by atoms with Crippen LogP contribution in [-0.2, 0) is 5.75 Å². The number of aromatic amines is 1. The van der Waals surface area contributed by atoms with Gasteiger partial charge in [-0.3, -0.25) is 4.79 Å². The Kier molecular flexibility index (Phi) is 6.32. The summed E-state index contributed by atoms with van der Waals surface area (Å²) in [5.74, 6) is 0.676. The first kappa shape index (κ1) is 20.6. The van der Waals surface area contributed by atoms with Crippen LogP contribution >= 0.6 is 23.4 Å². The Labute approximate surface area is 175 Å². The van der Waals surface area contributed by atoms with Gasteiger partial charge in [-0.1, -0.05) is 41.6 Å². The standard InChI is InChI=1S/C20H16ClN3O4S/c1-27-16-8-12(7-15(25)18(16)28-2)17-13(9-22)19(26)24-20(23-17)29-10-11-5-3-4-6-14(11)21/h3-8,25H,10H2,1-2H3,(H,23,24,26). The molecule has 1 aromatic heterocycles. The van der Waals surface area contributed by atoms with Gasteiger partial charge >= 0.3 is 0 Å². The van der Waals surface area contributed by atoms with Gasteiger partial charge in [0.25, 0.3) is 5.56 Å². The van der Waals surface area contributed by atoms with E-state index in [9.17, 15) is 15.2 Å². The Hall–Kier alpha value is -3.15. The van der Waals surface area contributed by atoms with E-state index >= 15 is 0 Å². The second-order valence-electron chi connectivity index (χ2n) is 5.82. The summed E-state index contributed by atoms with van der Waals surface area (Å²) in [5, 5.41) is 20.6. The molecule has 0 atom stereocenters. The third-order valence-electron chi connectivity index (χ3n) is 4.06. The fraction of sp³-hybridized carbons (Fsp3) is 0.150. The van der Waals surface area contributed by atoms with Gasteiger partial charge in [-0.2, -0.15) is 5.26 Å². The molecule has 0 saturated carbocycles. The van der Waals surface area contributed by atoms with E-state index in [1.807, 2.05) is 24.3 Å². The van der Waals surface area contributed by atoms with Crippen LogP contribution in [0.1, 0.15) is 11.1 Å². The van der Waals surface area contributed by atoms with Crippen molar-refractivity contribution in [3.05, 3.63) is 62.9 Å². The lowest BCUT2D eigenvalue weighted by atomic mass is 10.1. The number of nitriles is 1. The number of H-pyrrole nitrogens is 1. The first-order valence-electron chi connectivity index (χ1n) is 8.34. The number of phenolic OH excluding ortho intramolecular Hbond substituents is 1. The lowest BCUT2D eigenvalue weighted by Gasteiger charge is -2.12. The molecule has 0 aliphatic rings. The maximum Gasteiger partial charge on any atom is 0.270 e. The fourth-order valence-corrected chi connectivity index (χ4v) is 3.82. The summed E-state index contributed by atoms with van der Waals surface area (Å²) >= 11 is 7.45. The highest BCUT2D eigenvalue weighted by molar-refractivity contribution is 7.98. The molecule has 0 unspecified atom stereocenters. The predicted molar refractivity (Wildman–Crippen MR) is 111 cm³/mol. The van der Waals surface area contributed by atoms with Crippen molar-refractivity contribution in [2.45, 2.75) is 10.9 Å². The van der Waals surface area contributed by atoms with Gasteiger partial charge in [0, 0.05) is 16.3 Å². The highest BCUT2D eigenvalue weighted by Crippen LogP contribution is 2.40. The van der Waals surface area contributed by atoms with Crippen molar-refractivity contribution in [2.24, 2.45) is 0 Å². The van der Waals surface area contributed by atoms with Crippen LogP contribution in [0.3, 0.4) is 0 Å². The molecular formula is C20H16ClN3O4S. The normalized spacial score (nSPS) is 10.4. The van der Waals surface area contributed by atoms with E-state index < -0.39 is 5.56 Å². The van der Waals surface area contributed by atoms with E-state index in [4.69, 9.17) is 21.1 Å². The maximum absolute atomic E-state index is 12.4. The number of phenols is 1. The Balaban J connectivity index is 2.05. The average molecular weight is 430 g/mol. The molecule has 0 amide bonds. The summed E-state index contributed by atoms with van der Waals surface area (Å²) < 4.78 is 10.3. The second kappa shape index (κ2) is 8.90. The van der Waals surface area contributed by atoms with Gasteiger partial charge in [-0.25, -0.2) is 4.98 Å². The first-order valence-corrected chi connectivity index (χ1v) is 9.70. The predicted octanol–water partition coefficient (Wildman–Crippen LogP) is 3.98. The number of halogens is 1. The fourth-order valence-electron chi connectivity index (χ4n) is 2.68. The smallest absolute Gasteiger partial charge is 0.270 e. The lowest BCUT2D eigenvalue weighted by molar-refractivity contribution is 0.333. The van der Waals surface area contributed by atoms with Gasteiger partial charge < -0.3 is 19.6 Å². The third-order valence-corrected chi connectivity index (χ3v) is 5.36. The molecule has 0 saturated heterocycles. The Morgan fingerprint density at radius 3 is 2.69 bits per heavy atom. The second-order valence-corrected chi connectivity index (χ2v) is 7.19. The molecule has 7 nitrogen and oxygen atoms in total. The van der Waals surface area contributed by atoms with E-state index in [-0.39, 0.29) is 28.5 Å². The van der Waals surface area contributed by atoms with Crippen LogP contribution in [0, 0.1) is 11.3 Å². The summed E-state index contributed by atoms with van der Waals surface area (Å²) in [6.07, 6.45) is 0. The average Bonchev–Trinajstić information content (AvgIpc) is 2.72. The minimum absolute atomic E-state index is 0.133. The number of methoxy groups -OCH3 is 2. The minimum atomic E-state index is -0.576. The van der Waals surface area contributed by atoms with E-state index in [0.29, 0.717) is 21.5 Å². The molecule has 9 heteroatoms. The first-order chi connectivity index (χ1) is 14.0. The Morgan fingerprint density at radius 2 is 2.03 bits per heavy atom. The SMILES string of the molecule is COc1cc(-c2nc(SCc3ccccc3Cl)[nH]c(=O)c2C#N)cc(O)c1OC. The van der Waals surface area contributed by atoms with Gasteiger partial charge in [0.2, 0.25) is 5.75 Å². The van der Waals surface area contributed by atoms with Gasteiger partial charge in [0.05, 0.1) is 19.9 Å². The molecule has 2 N–H and O–H groups in total. The van der Waals surface area contributed by atoms with Crippen LogP contribution in [0.15, 0.2) is 46.3 Å². The molecule has 3 aromatic rings. The van der Waals surface area contributed by atoms with Gasteiger partial charge in [0.1, 0.15) is 11.6 Å². The number of nitrogens with zero attached hydrogens (tertiary/aromatic N) is 2. The number of nitrogens with one attached hydrogen (secondary N) is 1. The highest BCUT2D eigenvalue weighted by atomic mass is 35.5. The van der Waals surface area contributed by atoms with Gasteiger partial charge in [0.15, 0.2) is 16.7 Å². The van der Waals surface area contributed by atoms with Gasteiger partial charge in [-0.15, -0.1) is 0 Å². The zero-order valence-electron chi connectivity index (χ0n) is 15.5. The van der Waals surface area contributed by atoms with E-state index in [2.05, 4.69) is 9.97 Å². The van der Waals surface area contributed by atoms with Crippen LogP contribution in [0.2, 0.25) is 5.02 Å². The molecule has 1 heterocycles. The van der Waals surface area contributed by atoms with Crippen LogP contribution in [0.25, 0.3) is 11.3 Å². The molecule has 2 aromatic carbocycles. The zero-order valence-corrected chi connectivity index (χ0v) is 17.1. The third kappa shape index (κ3) is 4.31. The number of benzene rings is 2. The highest BCUT2D eigenvalue weighted by Gasteiger charge is 2.19. The molecular weight excluding hydrogens is 414 g/mol. The lowest BCUT2D eigenvalue weighted by Crippen LogP contribution is -2.14. The van der Waals surface area contributed by atoms with Crippen molar-refractivity contribution < 1.29 is 14.6 Å². The molecule has 0 aliphatic heterocycles. The molecule has 0 radical (unpaired) electrons. The van der Waals surface area contributed by atoms with Crippen molar-refractivity contribution in [1.82, 2.24) is 9.97 Å². The number of thioether (sulfide) groups is 1. The maximum atomic E-state index is 12.4. The minimum Gasteiger partial charge on any atom is -0.504 e. The zero-order chi connectivity index (χ0) is 21.0. The van der Waals surface area contributed by atoms with Crippen molar-refractivity contribution >= 4 is 23.4 Å². The molecule has 148 valence electrons. The number of aromatic nitrogens is 2. The monoisotopic (exact) mass is 429 g/mol. The summed E-state index contributed by atoms with van der Waals surface area (Å²) in [6.45, 7) is 0. The Morgan fingerprint density at radius 1 is 1.28 bits per heavy atom. The number of rotatable bonds is 6. The molecule has 29 heavy (non-hydrogen) atoms. The molecule has 3 rings (SSSR count). The van der Waals surface area contributed by atoms with Crippen LogP contribution < -0.4 is 15.0 Å². The molecule has 0 aliphatic carbocycles. The van der Waals surface area contributed by atoms with Crippen molar-refractivity contribution in [3.8, 4) is 34.6 Å². The number of hydrogen-bond donors (Lipinski definition) is 2. The quantitative estimate of drug-likeness (QED) is 0.450. The molecule has 0 bridgehead atoms. The summed E-state index contributed by atoms with van der Waals surface area (Å²) in [5.41, 5.74) is 0.625. The van der Waals surface area contributed by atoms with Crippen molar-refractivity contribution in [3.63, 3.8) is 0 Å². The summed E-state index contributed by atoms with van der Waals surface area (Å²) in [7, 11) is 2.81. The van der Waals surface area contributed by atoms with Crippen molar-refractivity contribution in [1.29, 1.82) is 5.26 Å². The number of ether oxygens (including phenoxy) is 2. The van der Waals surface area contributed by atoms with E-state index in [0.717, 1.165) is 5.56 Å². The van der Waals surface area contributed by atoms with E-state index in [1.54, 1.807) is 12.1 Å². The largest absolute Gasteiger partial charge is 0.504 e. The summed E-state index contributed by atoms with van der Waals surface area (Å²) in [4.78, 5) is 19.5. The molecule has 0 fully saturated rings. The van der Waals surface area contributed by atoms with E-state index in [1.165, 1.54) is 32.0 Å². The van der Waals surface area contributed by atoms with Gasteiger partial charge in [-0.05, 0) is 23.8 Å². The Bertz CT molecular complexity index is 1160. The van der Waals surface area contributed by atoms with Crippen molar-refractivity contribution in [2.75, 3.05) is 14.2 Å². The molecule has 0 spiro atoms. The number of hydrogen-bond acceptors (Lipinski definition) is 7. The topological polar surface area (TPSA) is 108 Å². The van der Waals surface area contributed by atoms with Crippen LogP contribution in [-0.4, -0.2) is 29.3 Å². The van der Waals surface area contributed by atoms with Crippen LogP contribution in [0.5, 0.6) is 17.2 Å². The van der Waals surface area contributed by atoms with Crippen LogP contribution in [0.4, 0.5) is 0 Å². The number of aromatic hydroxyl groups is 1.